The van der Waals surface area contributed by atoms with E-state index in [1.807, 2.05) is 54.6 Å². The van der Waals surface area contributed by atoms with Crippen LogP contribution in [0.1, 0.15) is 71.1 Å². The van der Waals surface area contributed by atoms with Crippen molar-refractivity contribution in [3.63, 3.8) is 0 Å². The molecule has 4 nitrogen and oxygen atoms in total. The van der Waals surface area contributed by atoms with Gasteiger partial charge in [-0.2, -0.15) is 0 Å². The van der Waals surface area contributed by atoms with Crippen LogP contribution in [0.25, 0.3) is 0 Å². The Morgan fingerprint density at radius 2 is 1.29 bits per heavy atom. The summed E-state index contributed by atoms with van der Waals surface area (Å²) >= 11 is 0. The highest BCUT2D eigenvalue weighted by atomic mass is 16.5. The molecule has 2 N–H and O–H groups in total. The number of unbranched alkanes of at least 4 members (excludes halogenated alkanes) is 9. The van der Waals surface area contributed by atoms with Gasteiger partial charge in [0.2, 0.25) is 0 Å². The topological polar surface area (TPSA) is 50.4 Å². The number of carbonyl (C=O) groups excluding carboxylic acids is 1. The number of benzene rings is 2. The van der Waals surface area contributed by atoms with E-state index in [4.69, 9.17) is 4.74 Å². The van der Waals surface area contributed by atoms with E-state index in [1.165, 1.54) is 57.8 Å². The van der Waals surface area contributed by atoms with Gasteiger partial charge in [-0.1, -0.05) is 89.5 Å². The van der Waals surface area contributed by atoms with Crippen LogP contribution in [0.5, 0.6) is 5.75 Å². The summed E-state index contributed by atoms with van der Waals surface area (Å²) in [5.74, 6) is 0.591. The summed E-state index contributed by atoms with van der Waals surface area (Å²) in [6.07, 6.45) is 13.2. The Bertz CT molecular complexity index is 757. The van der Waals surface area contributed by atoms with Crippen molar-refractivity contribution in [3.8, 4) is 5.75 Å². The summed E-state index contributed by atoms with van der Waals surface area (Å²) in [5.41, 5.74) is 1.84. The minimum atomic E-state index is -0.257. The van der Waals surface area contributed by atoms with Gasteiger partial charge in [0.05, 0.1) is 12.3 Å². The Morgan fingerprint density at radius 3 is 1.90 bits per heavy atom. The zero-order chi connectivity index (χ0) is 22.2. The van der Waals surface area contributed by atoms with Crippen LogP contribution in [0.3, 0.4) is 0 Å². The van der Waals surface area contributed by atoms with Crippen molar-refractivity contribution >= 4 is 17.3 Å². The van der Waals surface area contributed by atoms with Crippen LogP contribution < -0.4 is 15.4 Å². The van der Waals surface area contributed by atoms with Gasteiger partial charge in [-0.25, -0.2) is 0 Å². The molecule has 0 aliphatic rings. The molecule has 0 spiro atoms. The average Bonchev–Trinajstić information content (AvgIpc) is 2.79. The van der Waals surface area contributed by atoms with Crippen LogP contribution in [-0.2, 0) is 4.79 Å². The maximum Gasteiger partial charge on any atom is 0.271 e. The summed E-state index contributed by atoms with van der Waals surface area (Å²) in [5, 5.41) is 5.85. The summed E-state index contributed by atoms with van der Waals surface area (Å²) in [6, 6.07) is 17.0. The van der Waals surface area contributed by atoms with Crippen molar-refractivity contribution in [2.75, 3.05) is 17.2 Å². The molecule has 0 aromatic heterocycles. The number of nitrogens with one attached hydrogen (secondary N) is 2. The zero-order valence-electron chi connectivity index (χ0n) is 19.0. The highest BCUT2D eigenvalue weighted by molar-refractivity contribution is 6.05. The number of rotatable bonds is 16. The first kappa shape index (κ1) is 24.5. The first-order valence-corrected chi connectivity index (χ1v) is 11.7. The van der Waals surface area contributed by atoms with Crippen molar-refractivity contribution in [2.24, 2.45) is 0 Å². The van der Waals surface area contributed by atoms with Gasteiger partial charge in [0.25, 0.3) is 5.91 Å². The van der Waals surface area contributed by atoms with Gasteiger partial charge >= 0.3 is 0 Å². The van der Waals surface area contributed by atoms with Crippen LogP contribution >= 0.6 is 0 Å². The molecule has 2 aromatic carbocycles. The fourth-order valence-electron chi connectivity index (χ4n) is 3.37. The first-order chi connectivity index (χ1) is 15.2. The number of carbonyl (C=O) groups is 1. The third-order valence-electron chi connectivity index (χ3n) is 5.22. The van der Waals surface area contributed by atoms with Gasteiger partial charge < -0.3 is 15.4 Å². The van der Waals surface area contributed by atoms with Gasteiger partial charge in [-0.15, -0.1) is 0 Å². The quantitative estimate of drug-likeness (QED) is 0.217. The lowest BCUT2D eigenvalue weighted by Crippen LogP contribution is -2.18. The second-order valence-corrected chi connectivity index (χ2v) is 7.98. The van der Waals surface area contributed by atoms with Gasteiger partial charge in [0.15, 0.2) is 0 Å². The summed E-state index contributed by atoms with van der Waals surface area (Å²) in [7, 11) is 0. The molecule has 0 saturated heterocycles. The Hall–Kier alpha value is -2.75. The number of anilines is 2. The van der Waals surface area contributed by atoms with Crippen molar-refractivity contribution in [1.82, 2.24) is 0 Å². The van der Waals surface area contributed by atoms with Crippen molar-refractivity contribution < 1.29 is 9.53 Å². The minimum Gasteiger partial charge on any atom is -0.494 e. The number of ether oxygens (including phenoxy) is 1. The Morgan fingerprint density at radius 1 is 0.742 bits per heavy atom. The predicted octanol–water partition coefficient (Wildman–Crippen LogP) is 7.55. The van der Waals surface area contributed by atoms with E-state index in [0.29, 0.717) is 5.70 Å². The summed E-state index contributed by atoms with van der Waals surface area (Å²) in [6.45, 7) is 6.83. The summed E-state index contributed by atoms with van der Waals surface area (Å²) in [4.78, 5) is 12.2. The van der Waals surface area contributed by atoms with Gasteiger partial charge in [-0.05, 0) is 42.8 Å². The Labute approximate surface area is 188 Å². The zero-order valence-corrected chi connectivity index (χ0v) is 19.0. The smallest absolute Gasteiger partial charge is 0.271 e. The molecule has 0 radical (unpaired) electrons. The van der Waals surface area contributed by atoms with Crippen LogP contribution in [0.15, 0.2) is 66.9 Å². The average molecular weight is 423 g/mol. The SMILES string of the molecule is C=C(Nc1ccc(OCCCCCCCCCCCC)cc1)C(=O)Nc1ccccc1. The number of amides is 1. The lowest BCUT2D eigenvalue weighted by molar-refractivity contribution is -0.112. The molecule has 0 aliphatic heterocycles. The molecular weight excluding hydrogens is 384 g/mol. The van der Waals surface area contributed by atoms with E-state index < -0.39 is 0 Å². The second kappa shape index (κ2) is 15.1. The largest absolute Gasteiger partial charge is 0.494 e. The molecule has 0 fully saturated rings. The fourth-order valence-corrected chi connectivity index (χ4v) is 3.37. The molecule has 0 heterocycles. The van der Waals surface area contributed by atoms with E-state index in [9.17, 15) is 4.79 Å². The lowest BCUT2D eigenvalue weighted by atomic mass is 10.1. The molecule has 0 bridgehead atoms. The highest BCUT2D eigenvalue weighted by Gasteiger charge is 2.07. The maximum atomic E-state index is 12.2. The molecule has 4 heteroatoms. The second-order valence-electron chi connectivity index (χ2n) is 7.98. The van der Waals surface area contributed by atoms with Gasteiger partial charge in [0, 0.05) is 11.4 Å². The molecule has 0 aliphatic carbocycles. The minimum absolute atomic E-state index is 0.257. The van der Waals surface area contributed by atoms with Gasteiger partial charge in [-0.3, -0.25) is 4.79 Å². The fraction of sp³-hybridized carbons (Fsp3) is 0.444. The first-order valence-electron chi connectivity index (χ1n) is 11.7. The maximum absolute atomic E-state index is 12.2. The molecule has 1 amide bonds. The molecular formula is C27H38N2O2. The van der Waals surface area contributed by atoms with E-state index in [2.05, 4.69) is 24.1 Å². The van der Waals surface area contributed by atoms with Crippen LogP contribution in [0.2, 0.25) is 0 Å². The van der Waals surface area contributed by atoms with Crippen LogP contribution in [0, 0.1) is 0 Å². The van der Waals surface area contributed by atoms with E-state index in [-0.39, 0.29) is 5.91 Å². The van der Waals surface area contributed by atoms with E-state index in [1.54, 1.807) is 0 Å². The summed E-state index contributed by atoms with van der Waals surface area (Å²) < 4.78 is 5.83. The van der Waals surface area contributed by atoms with Crippen molar-refractivity contribution in [2.45, 2.75) is 71.1 Å². The molecule has 168 valence electrons. The lowest BCUT2D eigenvalue weighted by Gasteiger charge is -2.11. The van der Waals surface area contributed by atoms with E-state index in [0.717, 1.165) is 30.2 Å². The third kappa shape index (κ3) is 10.7. The van der Waals surface area contributed by atoms with Crippen LogP contribution in [0.4, 0.5) is 11.4 Å². The Balaban J connectivity index is 1.56. The third-order valence-corrected chi connectivity index (χ3v) is 5.22. The number of hydrogen-bond donors (Lipinski definition) is 2. The molecule has 0 saturated carbocycles. The standard InChI is InChI=1S/C27H38N2O2/c1-3-4-5-6-7-8-9-10-11-15-22-31-26-20-18-25(19-21-26)28-23(2)27(30)29-24-16-13-12-14-17-24/h12-14,16-21,28H,2-11,15,22H2,1H3,(H,29,30). The molecule has 0 atom stereocenters. The Kier molecular flexibility index (Phi) is 12.0. The number of hydrogen-bond acceptors (Lipinski definition) is 3. The predicted molar refractivity (Wildman–Crippen MR) is 132 cm³/mol. The molecule has 0 unspecified atom stereocenters. The monoisotopic (exact) mass is 422 g/mol. The van der Waals surface area contributed by atoms with Crippen molar-refractivity contribution in [3.05, 3.63) is 66.9 Å². The van der Waals surface area contributed by atoms with Gasteiger partial charge in [0.1, 0.15) is 5.75 Å². The highest BCUT2D eigenvalue weighted by Crippen LogP contribution is 2.18. The molecule has 2 rings (SSSR count). The van der Waals surface area contributed by atoms with E-state index >= 15 is 0 Å². The number of para-hydroxylation sites is 1. The normalized spacial score (nSPS) is 10.5. The molecule has 31 heavy (non-hydrogen) atoms. The van der Waals surface area contributed by atoms with Crippen LogP contribution in [-0.4, -0.2) is 12.5 Å². The molecule has 2 aromatic rings. The van der Waals surface area contributed by atoms with Crippen molar-refractivity contribution in [1.29, 1.82) is 0 Å².